The van der Waals surface area contributed by atoms with E-state index in [0.717, 1.165) is 17.9 Å². The highest BCUT2D eigenvalue weighted by Gasteiger charge is 2.34. The van der Waals surface area contributed by atoms with Gasteiger partial charge in [-0.2, -0.15) is 0 Å². The Bertz CT molecular complexity index is 259. The second-order valence-corrected chi connectivity index (χ2v) is 7.15. The van der Waals surface area contributed by atoms with Gasteiger partial charge in [0.2, 0.25) is 0 Å². The van der Waals surface area contributed by atoms with E-state index in [4.69, 9.17) is 0 Å². The van der Waals surface area contributed by atoms with Crippen molar-refractivity contribution in [3.05, 3.63) is 0 Å². The normalized spacial score (nSPS) is 30.0. The zero-order chi connectivity index (χ0) is 13.8. The molecule has 1 aliphatic heterocycles. The third kappa shape index (κ3) is 4.44. The standard InChI is InChI=1S/C16H33N3/c1-13(2)17-11-15-5-6-16(15)19(4)12-14-7-9-18(3)10-8-14/h13-17H,5-12H2,1-4H3. The molecule has 0 amide bonds. The summed E-state index contributed by atoms with van der Waals surface area (Å²) in [5.74, 6) is 1.82. The minimum absolute atomic E-state index is 0.625. The molecule has 2 rings (SSSR count). The first-order valence-corrected chi connectivity index (χ1v) is 8.18. The molecule has 2 atom stereocenters. The number of likely N-dealkylation sites (tertiary alicyclic amines) is 1. The molecule has 1 saturated heterocycles. The molecule has 3 heteroatoms. The van der Waals surface area contributed by atoms with E-state index < -0.39 is 0 Å². The number of hydrogen-bond donors (Lipinski definition) is 1. The van der Waals surface area contributed by atoms with Crippen molar-refractivity contribution in [2.45, 2.75) is 51.6 Å². The van der Waals surface area contributed by atoms with E-state index in [1.54, 1.807) is 0 Å². The summed E-state index contributed by atoms with van der Waals surface area (Å²) in [5, 5.41) is 3.61. The van der Waals surface area contributed by atoms with Crippen LogP contribution >= 0.6 is 0 Å². The number of nitrogens with zero attached hydrogens (tertiary/aromatic N) is 2. The SMILES string of the molecule is CC(C)NCC1CCC1N(C)CC1CCN(C)CC1. The molecule has 3 nitrogen and oxygen atoms in total. The lowest BCUT2D eigenvalue weighted by Crippen LogP contribution is -2.51. The van der Waals surface area contributed by atoms with Gasteiger partial charge in [0.05, 0.1) is 0 Å². The van der Waals surface area contributed by atoms with Crippen molar-refractivity contribution < 1.29 is 0 Å². The molecule has 0 bridgehead atoms. The monoisotopic (exact) mass is 267 g/mol. The van der Waals surface area contributed by atoms with Crippen molar-refractivity contribution in [1.29, 1.82) is 0 Å². The molecule has 0 aromatic carbocycles. The fourth-order valence-electron chi connectivity index (χ4n) is 3.54. The number of nitrogens with one attached hydrogen (secondary N) is 1. The lowest BCUT2D eigenvalue weighted by atomic mass is 9.78. The fourth-order valence-corrected chi connectivity index (χ4v) is 3.54. The Hall–Kier alpha value is -0.120. The van der Waals surface area contributed by atoms with Crippen molar-refractivity contribution in [3.8, 4) is 0 Å². The van der Waals surface area contributed by atoms with Crippen LogP contribution in [0.2, 0.25) is 0 Å². The highest BCUT2D eigenvalue weighted by molar-refractivity contribution is 4.90. The molecule has 0 spiro atoms. The molecule has 1 heterocycles. The van der Waals surface area contributed by atoms with E-state index in [9.17, 15) is 0 Å². The van der Waals surface area contributed by atoms with Crippen LogP contribution in [0.5, 0.6) is 0 Å². The smallest absolute Gasteiger partial charge is 0.0133 e. The van der Waals surface area contributed by atoms with Crippen LogP contribution in [0, 0.1) is 11.8 Å². The highest BCUT2D eigenvalue weighted by atomic mass is 15.2. The molecule has 0 aromatic rings. The molecule has 2 fully saturated rings. The maximum atomic E-state index is 3.61. The molecule has 0 aromatic heterocycles. The topological polar surface area (TPSA) is 18.5 Å². The van der Waals surface area contributed by atoms with Crippen LogP contribution < -0.4 is 5.32 Å². The average Bonchev–Trinajstić information content (AvgIpc) is 2.30. The third-order valence-electron chi connectivity index (χ3n) is 5.12. The molecule has 1 saturated carbocycles. The Morgan fingerprint density at radius 3 is 2.37 bits per heavy atom. The second-order valence-electron chi connectivity index (χ2n) is 7.15. The van der Waals surface area contributed by atoms with Gasteiger partial charge < -0.3 is 15.1 Å². The summed E-state index contributed by atoms with van der Waals surface area (Å²) < 4.78 is 0. The Labute approximate surface area is 119 Å². The summed E-state index contributed by atoms with van der Waals surface area (Å²) in [5.41, 5.74) is 0. The van der Waals surface area contributed by atoms with Crippen molar-refractivity contribution in [3.63, 3.8) is 0 Å². The van der Waals surface area contributed by atoms with Gasteiger partial charge in [-0.25, -0.2) is 0 Å². The predicted molar refractivity (Wildman–Crippen MR) is 82.5 cm³/mol. The fraction of sp³-hybridized carbons (Fsp3) is 1.00. The zero-order valence-corrected chi connectivity index (χ0v) is 13.4. The maximum Gasteiger partial charge on any atom is 0.0133 e. The van der Waals surface area contributed by atoms with E-state index in [0.29, 0.717) is 6.04 Å². The van der Waals surface area contributed by atoms with E-state index in [2.05, 4.69) is 43.1 Å². The summed E-state index contributed by atoms with van der Waals surface area (Å²) in [6.07, 6.45) is 5.61. The number of hydrogen-bond acceptors (Lipinski definition) is 3. The molecule has 0 radical (unpaired) electrons. The van der Waals surface area contributed by atoms with Gasteiger partial charge in [-0.1, -0.05) is 13.8 Å². The van der Waals surface area contributed by atoms with E-state index in [1.165, 1.54) is 51.9 Å². The molecular weight excluding hydrogens is 234 g/mol. The van der Waals surface area contributed by atoms with Crippen LogP contribution in [0.1, 0.15) is 39.5 Å². The molecule has 2 unspecified atom stereocenters. The van der Waals surface area contributed by atoms with Gasteiger partial charge in [-0.15, -0.1) is 0 Å². The van der Waals surface area contributed by atoms with E-state index in [-0.39, 0.29) is 0 Å². The Balaban J connectivity index is 1.69. The number of rotatable bonds is 6. The Morgan fingerprint density at radius 2 is 1.84 bits per heavy atom. The lowest BCUT2D eigenvalue weighted by Gasteiger charge is -2.45. The van der Waals surface area contributed by atoms with Gasteiger partial charge in [0, 0.05) is 18.6 Å². The van der Waals surface area contributed by atoms with E-state index >= 15 is 0 Å². The molecule has 1 N–H and O–H groups in total. The van der Waals surface area contributed by atoms with E-state index in [1.807, 2.05) is 0 Å². The van der Waals surface area contributed by atoms with Gasteiger partial charge in [0.25, 0.3) is 0 Å². The lowest BCUT2D eigenvalue weighted by molar-refractivity contribution is 0.0588. The summed E-state index contributed by atoms with van der Waals surface area (Å²) >= 11 is 0. The van der Waals surface area contributed by atoms with Crippen LogP contribution in [0.3, 0.4) is 0 Å². The van der Waals surface area contributed by atoms with Crippen molar-refractivity contribution in [2.24, 2.45) is 11.8 Å². The third-order valence-corrected chi connectivity index (χ3v) is 5.12. The van der Waals surface area contributed by atoms with Crippen LogP contribution in [-0.4, -0.2) is 62.2 Å². The molecule has 2 aliphatic rings. The quantitative estimate of drug-likeness (QED) is 0.794. The largest absolute Gasteiger partial charge is 0.314 e. The summed E-state index contributed by atoms with van der Waals surface area (Å²) in [6, 6.07) is 1.46. The number of piperidine rings is 1. The first kappa shape index (κ1) is 15.3. The molecular formula is C16H33N3. The van der Waals surface area contributed by atoms with Crippen molar-refractivity contribution in [2.75, 3.05) is 40.3 Å². The van der Waals surface area contributed by atoms with Crippen LogP contribution in [0.15, 0.2) is 0 Å². The van der Waals surface area contributed by atoms with Gasteiger partial charge in [0.1, 0.15) is 0 Å². The van der Waals surface area contributed by atoms with Crippen molar-refractivity contribution in [1.82, 2.24) is 15.1 Å². The van der Waals surface area contributed by atoms with Crippen molar-refractivity contribution >= 4 is 0 Å². The molecule has 1 aliphatic carbocycles. The summed E-state index contributed by atoms with van der Waals surface area (Å²) in [4.78, 5) is 5.13. The molecule has 112 valence electrons. The summed E-state index contributed by atoms with van der Waals surface area (Å²) in [7, 11) is 4.60. The predicted octanol–water partition coefficient (Wildman–Crippen LogP) is 2.04. The highest BCUT2D eigenvalue weighted by Crippen LogP contribution is 2.32. The maximum absolute atomic E-state index is 3.61. The Kier molecular flexibility index (Phi) is 5.67. The zero-order valence-electron chi connectivity index (χ0n) is 13.4. The van der Waals surface area contributed by atoms with Gasteiger partial charge >= 0.3 is 0 Å². The summed E-state index contributed by atoms with van der Waals surface area (Å²) in [6.45, 7) is 9.60. The van der Waals surface area contributed by atoms with Gasteiger partial charge in [-0.05, 0) is 71.2 Å². The minimum atomic E-state index is 0.625. The second kappa shape index (κ2) is 7.05. The average molecular weight is 267 g/mol. The van der Waals surface area contributed by atoms with Crippen LogP contribution in [0.25, 0.3) is 0 Å². The van der Waals surface area contributed by atoms with Gasteiger partial charge in [0.15, 0.2) is 0 Å². The van der Waals surface area contributed by atoms with Crippen LogP contribution in [-0.2, 0) is 0 Å². The Morgan fingerprint density at radius 1 is 1.16 bits per heavy atom. The first-order valence-electron chi connectivity index (χ1n) is 8.18. The minimum Gasteiger partial charge on any atom is -0.314 e. The molecule has 19 heavy (non-hydrogen) atoms. The van der Waals surface area contributed by atoms with Crippen LogP contribution in [0.4, 0.5) is 0 Å². The first-order chi connectivity index (χ1) is 9.06. The van der Waals surface area contributed by atoms with Gasteiger partial charge in [-0.3, -0.25) is 0 Å².